The van der Waals surface area contributed by atoms with E-state index >= 15 is 0 Å². The number of ketones is 1. The molecule has 9 heteroatoms. The number of hydrogen-bond donors (Lipinski definition) is 2. The Hall–Kier alpha value is -3.20. The van der Waals surface area contributed by atoms with E-state index < -0.39 is 28.4 Å². The van der Waals surface area contributed by atoms with Crippen molar-refractivity contribution in [3.8, 4) is 5.75 Å². The maximum atomic E-state index is 12.3. The zero-order valence-corrected chi connectivity index (χ0v) is 16.7. The minimum Gasteiger partial charge on any atom is -0.483 e. The topological polar surface area (TPSA) is 133 Å². The number of fused-ring (bicyclic) bond motifs is 1. The molecule has 0 radical (unpaired) electrons. The molecule has 3 N–H and O–H groups in total. The van der Waals surface area contributed by atoms with Gasteiger partial charge in [-0.15, -0.1) is 0 Å². The number of sulfonamides is 1. The standard InChI is InChI=1S/C20H20N2O6S/c1-11-3-8-16(19-15(23)9-12(2)18(11)19)28-10-17(24)22-29(26,27)14-6-4-13(5-7-14)20(21)25/h3-8,12H,9-10H2,1-2H3,(H2,21,25)(H,22,24). The Labute approximate surface area is 168 Å². The van der Waals surface area contributed by atoms with Gasteiger partial charge >= 0.3 is 0 Å². The molecule has 1 aliphatic carbocycles. The van der Waals surface area contributed by atoms with E-state index in [-0.39, 0.29) is 27.9 Å². The smallest absolute Gasteiger partial charge is 0.271 e. The van der Waals surface area contributed by atoms with E-state index in [1.54, 1.807) is 12.1 Å². The molecule has 0 aromatic heterocycles. The Balaban J connectivity index is 1.71. The number of carbonyl (C=O) groups excluding carboxylic acids is 3. The molecule has 29 heavy (non-hydrogen) atoms. The zero-order valence-electron chi connectivity index (χ0n) is 15.9. The number of primary amides is 1. The normalized spacial score (nSPS) is 15.7. The highest BCUT2D eigenvalue weighted by Gasteiger charge is 2.31. The highest BCUT2D eigenvalue weighted by atomic mass is 32.2. The molecule has 2 aromatic rings. The minimum atomic E-state index is -4.14. The van der Waals surface area contributed by atoms with Gasteiger partial charge in [0.05, 0.1) is 10.5 Å². The Bertz CT molecular complexity index is 1110. The van der Waals surface area contributed by atoms with Gasteiger partial charge in [-0.05, 0) is 54.3 Å². The summed E-state index contributed by atoms with van der Waals surface area (Å²) in [6, 6.07) is 8.25. The second-order valence-electron chi connectivity index (χ2n) is 6.90. The van der Waals surface area contributed by atoms with E-state index in [9.17, 15) is 22.8 Å². The van der Waals surface area contributed by atoms with Gasteiger partial charge in [0.25, 0.3) is 15.9 Å². The lowest BCUT2D eigenvalue weighted by Crippen LogP contribution is -2.34. The molecule has 1 aliphatic rings. The van der Waals surface area contributed by atoms with Crippen molar-refractivity contribution in [2.45, 2.75) is 31.1 Å². The molecule has 0 bridgehead atoms. The van der Waals surface area contributed by atoms with Gasteiger partial charge in [-0.3, -0.25) is 14.4 Å². The highest BCUT2D eigenvalue weighted by molar-refractivity contribution is 7.90. The lowest BCUT2D eigenvalue weighted by atomic mass is 9.97. The number of benzene rings is 2. The number of aryl methyl sites for hydroxylation is 1. The van der Waals surface area contributed by atoms with Crippen LogP contribution in [-0.2, 0) is 14.8 Å². The van der Waals surface area contributed by atoms with Gasteiger partial charge in [-0.2, -0.15) is 0 Å². The largest absolute Gasteiger partial charge is 0.483 e. The van der Waals surface area contributed by atoms with Crippen molar-refractivity contribution in [1.29, 1.82) is 0 Å². The average Bonchev–Trinajstić information content (AvgIpc) is 2.96. The molecule has 2 aromatic carbocycles. The molecule has 0 aliphatic heterocycles. The molecule has 3 rings (SSSR count). The van der Waals surface area contributed by atoms with Crippen LogP contribution in [0.1, 0.15) is 51.1 Å². The van der Waals surface area contributed by atoms with Gasteiger partial charge < -0.3 is 10.5 Å². The Morgan fingerprint density at radius 1 is 1.17 bits per heavy atom. The van der Waals surface area contributed by atoms with Gasteiger partial charge in [0.1, 0.15) is 5.75 Å². The molecule has 0 saturated carbocycles. The fourth-order valence-corrected chi connectivity index (χ4v) is 4.38. The molecular weight excluding hydrogens is 396 g/mol. The third kappa shape index (κ3) is 4.14. The van der Waals surface area contributed by atoms with E-state index in [1.807, 2.05) is 18.6 Å². The quantitative estimate of drug-likeness (QED) is 0.736. The predicted molar refractivity (Wildman–Crippen MR) is 104 cm³/mol. The first kappa shape index (κ1) is 20.5. The molecule has 0 spiro atoms. The molecule has 0 saturated heterocycles. The molecule has 152 valence electrons. The lowest BCUT2D eigenvalue weighted by Gasteiger charge is -2.13. The predicted octanol–water partition coefficient (Wildman–Crippen LogP) is 1.67. The van der Waals surface area contributed by atoms with Gasteiger partial charge in [0, 0.05) is 12.0 Å². The summed E-state index contributed by atoms with van der Waals surface area (Å²) in [6.45, 7) is 3.28. The van der Waals surface area contributed by atoms with Crippen molar-refractivity contribution in [1.82, 2.24) is 4.72 Å². The first-order chi connectivity index (χ1) is 13.6. The van der Waals surface area contributed by atoms with Gasteiger partial charge in [0.2, 0.25) is 5.91 Å². The molecule has 0 heterocycles. The number of carbonyl (C=O) groups is 3. The highest BCUT2D eigenvalue weighted by Crippen LogP contribution is 2.40. The molecule has 0 fully saturated rings. The van der Waals surface area contributed by atoms with Crippen molar-refractivity contribution < 1.29 is 27.5 Å². The number of ether oxygens (including phenoxy) is 1. The number of nitrogens with one attached hydrogen (secondary N) is 1. The van der Waals surface area contributed by atoms with Crippen LogP contribution in [0.15, 0.2) is 41.3 Å². The Morgan fingerprint density at radius 2 is 1.83 bits per heavy atom. The summed E-state index contributed by atoms with van der Waals surface area (Å²) < 4.78 is 32.0. The average molecular weight is 416 g/mol. The number of rotatable bonds is 6. The first-order valence-electron chi connectivity index (χ1n) is 8.85. The van der Waals surface area contributed by atoms with E-state index in [0.717, 1.165) is 11.1 Å². The number of Topliss-reactive ketones (excluding diaryl/α,β-unsaturated/α-hetero) is 1. The number of hydrogen-bond acceptors (Lipinski definition) is 6. The fraction of sp³-hybridized carbons (Fsp3) is 0.250. The summed E-state index contributed by atoms with van der Waals surface area (Å²) in [4.78, 5) is 35.3. The first-order valence-corrected chi connectivity index (χ1v) is 10.3. The van der Waals surface area contributed by atoms with Gasteiger partial charge in [-0.25, -0.2) is 13.1 Å². The van der Waals surface area contributed by atoms with E-state index in [1.165, 1.54) is 24.3 Å². The summed E-state index contributed by atoms with van der Waals surface area (Å²) in [5.74, 6) is -1.32. The monoisotopic (exact) mass is 416 g/mol. The second kappa shape index (κ2) is 7.67. The number of amides is 2. The Morgan fingerprint density at radius 3 is 2.45 bits per heavy atom. The molecule has 2 amide bonds. The maximum Gasteiger partial charge on any atom is 0.271 e. The van der Waals surface area contributed by atoms with E-state index in [0.29, 0.717) is 12.0 Å². The van der Waals surface area contributed by atoms with E-state index in [2.05, 4.69) is 0 Å². The minimum absolute atomic E-state index is 0.0613. The van der Waals surface area contributed by atoms with Crippen LogP contribution >= 0.6 is 0 Å². The summed E-state index contributed by atoms with van der Waals surface area (Å²) in [6.07, 6.45) is 0.373. The molecular formula is C20H20N2O6S. The molecule has 1 atom stereocenters. The van der Waals surface area contributed by atoms with Crippen LogP contribution < -0.4 is 15.2 Å². The summed E-state index contributed by atoms with van der Waals surface area (Å²) >= 11 is 0. The van der Waals surface area contributed by atoms with E-state index in [4.69, 9.17) is 10.5 Å². The van der Waals surface area contributed by atoms with Gasteiger partial charge in [-0.1, -0.05) is 13.0 Å². The second-order valence-corrected chi connectivity index (χ2v) is 8.59. The van der Waals surface area contributed by atoms with Crippen molar-refractivity contribution in [2.24, 2.45) is 5.73 Å². The number of nitrogens with two attached hydrogens (primary N) is 1. The van der Waals surface area contributed by atoms with Crippen LogP contribution in [0.25, 0.3) is 0 Å². The van der Waals surface area contributed by atoms with Crippen LogP contribution in [0.5, 0.6) is 5.75 Å². The zero-order chi connectivity index (χ0) is 21.3. The van der Waals surface area contributed by atoms with Crippen molar-refractivity contribution in [2.75, 3.05) is 6.61 Å². The Kier molecular flexibility index (Phi) is 5.43. The molecule has 8 nitrogen and oxygen atoms in total. The third-order valence-electron chi connectivity index (χ3n) is 4.74. The summed E-state index contributed by atoms with van der Waals surface area (Å²) in [5, 5.41) is 0. The summed E-state index contributed by atoms with van der Waals surface area (Å²) in [7, 11) is -4.14. The van der Waals surface area contributed by atoms with Crippen LogP contribution in [-0.4, -0.2) is 32.6 Å². The van der Waals surface area contributed by atoms with Crippen molar-refractivity contribution >= 4 is 27.6 Å². The van der Waals surface area contributed by atoms with Crippen molar-refractivity contribution in [3.05, 3.63) is 58.7 Å². The van der Waals surface area contributed by atoms with Gasteiger partial charge in [0.15, 0.2) is 12.4 Å². The van der Waals surface area contributed by atoms with Crippen LogP contribution in [0.4, 0.5) is 0 Å². The van der Waals surface area contributed by atoms with Crippen LogP contribution in [0.3, 0.4) is 0 Å². The SMILES string of the molecule is Cc1ccc(OCC(=O)NS(=O)(=O)c2ccc(C(N)=O)cc2)c2c1C(C)CC2=O. The third-order valence-corrected chi connectivity index (χ3v) is 6.13. The maximum absolute atomic E-state index is 12.3. The fourth-order valence-electron chi connectivity index (χ4n) is 3.41. The van der Waals surface area contributed by atoms with Crippen molar-refractivity contribution in [3.63, 3.8) is 0 Å². The van der Waals surface area contributed by atoms with Crippen LogP contribution in [0, 0.1) is 6.92 Å². The lowest BCUT2D eigenvalue weighted by molar-refractivity contribution is -0.121. The van der Waals surface area contributed by atoms with Crippen LogP contribution in [0.2, 0.25) is 0 Å². The summed E-state index contributed by atoms with van der Waals surface area (Å²) in [5.41, 5.74) is 7.58. The molecule has 1 unspecified atom stereocenters.